The number of H-pyrrole nitrogens is 1. The minimum absolute atomic E-state index is 0.0313. The molecule has 2 amide bonds. The number of nitro groups is 1. The highest BCUT2D eigenvalue weighted by molar-refractivity contribution is 5.98. The van der Waals surface area contributed by atoms with Gasteiger partial charge in [0.15, 0.2) is 0 Å². The molecule has 160 valence electrons. The molecule has 1 fully saturated rings. The first-order valence-corrected chi connectivity index (χ1v) is 10.1. The van der Waals surface area contributed by atoms with Crippen molar-refractivity contribution in [1.82, 2.24) is 19.8 Å². The first-order valence-electron chi connectivity index (χ1n) is 10.1. The number of amides is 2. The van der Waals surface area contributed by atoms with Crippen molar-refractivity contribution in [2.45, 2.75) is 32.4 Å². The van der Waals surface area contributed by atoms with E-state index in [9.17, 15) is 19.7 Å². The Morgan fingerprint density at radius 1 is 1.29 bits per heavy atom. The number of nitrogens with zero attached hydrogens (tertiary/aromatic N) is 4. The molecule has 0 spiro atoms. The zero-order valence-electron chi connectivity index (χ0n) is 17.4. The van der Waals surface area contributed by atoms with Gasteiger partial charge in [-0.3, -0.25) is 19.7 Å². The van der Waals surface area contributed by atoms with Crippen molar-refractivity contribution in [3.8, 4) is 0 Å². The largest absolute Gasteiger partial charge is 0.340 e. The van der Waals surface area contributed by atoms with Crippen molar-refractivity contribution >= 4 is 28.5 Å². The lowest BCUT2D eigenvalue weighted by Crippen LogP contribution is -2.46. The number of carbonyl (C=O) groups excluding carboxylic acids is 2. The number of aromatic amines is 1. The molecule has 0 bridgehead atoms. The number of aryl methyl sites for hydroxylation is 1. The Morgan fingerprint density at radius 2 is 2.06 bits per heavy atom. The maximum absolute atomic E-state index is 13.1. The molecule has 0 saturated carbocycles. The van der Waals surface area contributed by atoms with E-state index in [1.807, 2.05) is 24.3 Å². The lowest BCUT2D eigenvalue weighted by molar-refractivity contribution is -0.385. The van der Waals surface area contributed by atoms with Crippen LogP contribution in [0.1, 0.15) is 34.6 Å². The van der Waals surface area contributed by atoms with Gasteiger partial charge in [-0.05, 0) is 44.0 Å². The highest BCUT2D eigenvalue weighted by atomic mass is 16.6. The number of benzene rings is 2. The van der Waals surface area contributed by atoms with E-state index < -0.39 is 11.0 Å². The van der Waals surface area contributed by atoms with E-state index in [1.165, 1.54) is 18.2 Å². The number of hydrogen-bond acceptors (Lipinski definition) is 5. The maximum atomic E-state index is 13.1. The Hall–Kier alpha value is -3.75. The molecule has 4 rings (SSSR count). The molecule has 1 atom stereocenters. The zero-order chi connectivity index (χ0) is 22.1. The lowest BCUT2D eigenvalue weighted by atomic mass is 10.1. The van der Waals surface area contributed by atoms with E-state index in [-0.39, 0.29) is 17.5 Å². The van der Waals surface area contributed by atoms with Crippen LogP contribution < -0.4 is 0 Å². The van der Waals surface area contributed by atoms with Crippen molar-refractivity contribution in [2.24, 2.45) is 0 Å². The number of nitro benzene ring substituents is 1. The van der Waals surface area contributed by atoms with Crippen LogP contribution >= 0.6 is 0 Å². The van der Waals surface area contributed by atoms with Gasteiger partial charge in [0.2, 0.25) is 5.91 Å². The first kappa shape index (κ1) is 20.5. The summed E-state index contributed by atoms with van der Waals surface area (Å²) in [5, 5.41) is 11.0. The molecule has 1 unspecified atom stereocenters. The summed E-state index contributed by atoms with van der Waals surface area (Å²) >= 11 is 0. The minimum Gasteiger partial charge on any atom is -0.340 e. The van der Waals surface area contributed by atoms with Crippen molar-refractivity contribution in [2.75, 3.05) is 13.6 Å². The topological polar surface area (TPSA) is 112 Å². The van der Waals surface area contributed by atoms with Crippen LogP contribution in [0.4, 0.5) is 5.69 Å². The normalized spacial score (nSPS) is 15.9. The second-order valence-corrected chi connectivity index (χ2v) is 7.81. The third-order valence-corrected chi connectivity index (χ3v) is 5.64. The van der Waals surface area contributed by atoms with Gasteiger partial charge < -0.3 is 14.8 Å². The summed E-state index contributed by atoms with van der Waals surface area (Å²) in [5.41, 5.74) is 2.48. The average molecular weight is 421 g/mol. The van der Waals surface area contributed by atoms with Crippen LogP contribution in [-0.2, 0) is 11.3 Å². The molecular weight excluding hydrogens is 398 g/mol. The standard InChI is InChI=1S/C22H23N5O4/c1-14-12-15(9-10-18(14)27(30)31)21(28)26-11-5-8-19(26)22(29)25(2)13-20-23-16-6-3-4-7-17(16)24-20/h3-4,6-7,9-10,12,19H,5,8,11,13H2,1-2H3,(H,23,24). The summed E-state index contributed by atoms with van der Waals surface area (Å²) in [7, 11) is 1.70. The molecule has 1 aliphatic heterocycles. The van der Waals surface area contributed by atoms with Crippen molar-refractivity contribution in [1.29, 1.82) is 0 Å². The fourth-order valence-electron chi connectivity index (χ4n) is 4.06. The molecule has 2 aromatic carbocycles. The van der Waals surface area contributed by atoms with Gasteiger partial charge in [0.1, 0.15) is 11.9 Å². The second kappa shape index (κ2) is 8.17. The van der Waals surface area contributed by atoms with Crippen LogP contribution in [-0.4, -0.2) is 56.1 Å². The third kappa shape index (κ3) is 3.98. The number of nitrogens with one attached hydrogen (secondary N) is 1. The third-order valence-electron chi connectivity index (χ3n) is 5.64. The molecule has 1 aliphatic rings. The number of likely N-dealkylation sites (tertiary alicyclic amines) is 1. The SMILES string of the molecule is Cc1cc(C(=O)N2CCCC2C(=O)N(C)Cc2nc3ccccc3[nH]2)ccc1[N+](=O)[O-]. The van der Waals surface area contributed by atoms with Gasteiger partial charge >= 0.3 is 0 Å². The highest BCUT2D eigenvalue weighted by Gasteiger charge is 2.36. The van der Waals surface area contributed by atoms with Crippen molar-refractivity contribution in [3.05, 3.63) is 69.5 Å². The van der Waals surface area contributed by atoms with Crippen molar-refractivity contribution in [3.63, 3.8) is 0 Å². The molecular formula is C22H23N5O4. The first-order chi connectivity index (χ1) is 14.8. The predicted octanol–water partition coefficient (Wildman–Crippen LogP) is 3.04. The number of carbonyl (C=O) groups is 2. The number of imidazole rings is 1. The number of aromatic nitrogens is 2. The van der Waals surface area contributed by atoms with E-state index in [0.717, 1.165) is 17.5 Å². The molecule has 2 heterocycles. The summed E-state index contributed by atoms with van der Waals surface area (Å²) < 4.78 is 0. The van der Waals surface area contributed by atoms with Crippen LogP contribution in [0, 0.1) is 17.0 Å². The smallest absolute Gasteiger partial charge is 0.272 e. The fraction of sp³-hybridized carbons (Fsp3) is 0.318. The molecule has 1 saturated heterocycles. The molecule has 0 radical (unpaired) electrons. The van der Waals surface area contributed by atoms with Crippen LogP contribution in [0.3, 0.4) is 0 Å². The summed E-state index contributed by atoms with van der Waals surface area (Å²) in [6.07, 6.45) is 1.31. The van der Waals surface area contributed by atoms with Gasteiger partial charge in [0, 0.05) is 30.8 Å². The van der Waals surface area contributed by atoms with E-state index in [0.29, 0.717) is 36.5 Å². The Morgan fingerprint density at radius 3 is 2.77 bits per heavy atom. The molecule has 9 nitrogen and oxygen atoms in total. The van der Waals surface area contributed by atoms with Crippen LogP contribution in [0.2, 0.25) is 0 Å². The van der Waals surface area contributed by atoms with Gasteiger partial charge in [-0.2, -0.15) is 0 Å². The fourth-order valence-corrected chi connectivity index (χ4v) is 4.06. The minimum atomic E-state index is -0.558. The van der Waals surface area contributed by atoms with E-state index in [1.54, 1.807) is 23.8 Å². The molecule has 1 N–H and O–H groups in total. The molecule has 31 heavy (non-hydrogen) atoms. The summed E-state index contributed by atoms with van der Waals surface area (Å²) in [4.78, 5) is 47.6. The van der Waals surface area contributed by atoms with E-state index in [4.69, 9.17) is 0 Å². The van der Waals surface area contributed by atoms with Gasteiger partial charge in [0.05, 0.1) is 22.5 Å². The van der Waals surface area contributed by atoms with Gasteiger partial charge in [0.25, 0.3) is 11.6 Å². The molecule has 0 aliphatic carbocycles. The number of hydrogen-bond donors (Lipinski definition) is 1. The van der Waals surface area contributed by atoms with Gasteiger partial charge in [-0.15, -0.1) is 0 Å². The number of rotatable bonds is 5. The summed E-state index contributed by atoms with van der Waals surface area (Å²) in [6.45, 7) is 2.38. The Kier molecular flexibility index (Phi) is 5.41. The monoisotopic (exact) mass is 421 g/mol. The van der Waals surface area contributed by atoms with Gasteiger partial charge in [-0.1, -0.05) is 12.1 Å². The molecule has 3 aromatic rings. The second-order valence-electron chi connectivity index (χ2n) is 7.81. The Balaban J connectivity index is 1.49. The number of para-hydroxylation sites is 2. The Bertz CT molecular complexity index is 1140. The maximum Gasteiger partial charge on any atom is 0.272 e. The van der Waals surface area contributed by atoms with E-state index in [2.05, 4.69) is 9.97 Å². The predicted molar refractivity (Wildman–Crippen MR) is 114 cm³/mol. The number of likely N-dealkylation sites (N-methyl/N-ethyl adjacent to an activating group) is 1. The van der Waals surface area contributed by atoms with Crippen LogP contribution in [0.5, 0.6) is 0 Å². The zero-order valence-corrected chi connectivity index (χ0v) is 17.4. The average Bonchev–Trinajstić information content (AvgIpc) is 3.38. The molecule has 1 aromatic heterocycles. The molecule has 9 heteroatoms. The Labute approximate surface area is 178 Å². The van der Waals surface area contributed by atoms with Gasteiger partial charge in [-0.25, -0.2) is 4.98 Å². The van der Waals surface area contributed by atoms with Crippen LogP contribution in [0.15, 0.2) is 42.5 Å². The van der Waals surface area contributed by atoms with Crippen LogP contribution in [0.25, 0.3) is 11.0 Å². The lowest BCUT2D eigenvalue weighted by Gasteiger charge is -2.28. The number of fused-ring (bicyclic) bond motifs is 1. The van der Waals surface area contributed by atoms with Crippen molar-refractivity contribution < 1.29 is 14.5 Å². The quantitative estimate of drug-likeness (QED) is 0.503. The summed E-state index contributed by atoms with van der Waals surface area (Å²) in [6, 6.07) is 11.4. The van der Waals surface area contributed by atoms with E-state index >= 15 is 0 Å². The summed E-state index contributed by atoms with van der Waals surface area (Å²) in [5.74, 6) is 0.245. The highest BCUT2D eigenvalue weighted by Crippen LogP contribution is 2.25.